The Balaban J connectivity index is 1.67. The van der Waals surface area contributed by atoms with E-state index in [4.69, 9.17) is 11.6 Å². The van der Waals surface area contributed by atoms with E-state index in [1.807, 2.05) is 17.5 Å². The summed E-state index contributed by atoms with van der Waals surface area (Å²) in [5.41, 5.74) is 1.55. The lowest BCUT2D eigenvalue weighted by atomic mass is 9.80. The van der Waals surface area contributed by atoms with Crippen LogP contribution in [0.25, 0.3) is 0 Å². The Morgan fingerprint density at radius 2 is 2.15 bits per heavy atom. The van der Waals surface area contributed by atoms with Crippen LogP contribution in [0.2, 0.25) is 5.02 Å². The number of hydrogen-bond donors (Lipinski definition) is 1. The topological polar surface area (TPSA) is 59.8 Å². The third-order valence-electron chi connectivity index (χ3n) is 5.08. The molecule has 1 aliphatic carbocycles. The standard InChI is InChI=1S/C19H14ClFN4OS/c20-11-3-1-4-12(21)16(11)18-17-13(24-19-22-9-23-25(18)19)7-10(8-14(17)26)15-5-2-6-27-15/h1-6,9-10,18H,7-8H2,(H,22,23,24)/t10-,18+/m1/s1. The van der Waals surface area contributed by atoms with Gasteiger partial charge in [-0.2, -0.15) is 10.1 Å². The lowest BCUT2D eigenvalue weighted by molar-refractivity contribution is -0.116. The number of carbonyl (C=O) groups is 1. The van der Waals surface area contributed by atoms with Crippen molar-refractivity contribution < 1.29 is 9.18 Å². The summed E-state index contributed by atoms with van der Waals surface area (Å²) in [5, 5.41) is 9.73. The molecule has 2 aromatic heterocycles. The third-order valence-corrected chi connectivity index (χ3v) is 6.44. The van der Waals surface area contributed by atoms with Crippen molar-refractivity contribution in [3.63, 3.8) is 0 Å². The van der Waals surface area contributed by atoms with Crippen LogP contribution in [0.15, 0.2) is 53.3 Å². The molecular formula is C19H14ClFN4OS. The first-order valence-electron chi connectivity index (χ1n) is 8.53. The van der Waals surface area contributed by atoms with Crippen molar-refractivity contribution in [3.05, 3.63) is 74.6 Å². The summed E-state index contributed by atoms with van der Waals surface area (Å²) in [6, 6.07) is 7.84. The molecule has 5 nitrogen and oxygen atoms in total. The van der Waals surface area contributed by atoms with E-state index in [1.165, 1.54) is 22.0 Å². The molecule has 1 N–H and O–H groups in total. The summed E-state index contributed by atoms with van der Waals surface area (Å²) in [7, 11) is 0. The fourth-order valence-electron chi connectivity index (χ4n) is 3.92. The summed E-state index contributed by atoms with van der Waals surface area (Å²) in [5.74, 6) is 0.108. The minimum absolute atomic E-state index is 0.0207. The predicted molar refractivity (Wildman–Crippen MR) is 102 cm³/mol. The number of carbonyl (C=O) groups excluding carboxylic acids is 1. The highest BCUT2D eigenvalue weighted by Crippen LogP contribution is 2.46. The van der Waals surface area contributed by atoms with Crippen LogP contribution in [0.3, 0.4) is 0 Å². The average Bonchev–Trinajstić information content (AvgIpc) is 3.32. The number of benzene rings is 1. The van der Waals surface area contributed by atoms with Gasteiger partial charge in [-0.1, -0.05) is 23.7 Å². The molecule has 3 heterocycles. The molecule has 0 fully saturated rings. The number of hydrogen-bond acceptors (Lipinski definition) is 5. The maximum Gasteiger partial charge on any atom is 0.226 e. The molecule has 3 aromatic rings. The minimum Gasteiger partial charge on any atom is -0.328 e. The van der Waals surface area contributed by atoms with Crippen molar-refractivity contribution in [1.29, 1.82) is 0 Å². The Kier molecular flexibility index (Phi) is 3.87. The summed E-state index contributed by atoms with van der Waals surface area (Å²) in [4.78, 5) is 18.6. The number of allylic oxidation sites excluding steroid dienone is 2. The van der Waals surface area contributed by atoms with Gasteiger partial charge in [-0.25, -0.2) is 9.07 Å². The molecule has 136 valence electrons. The molecule has 2 atom stereocenters. The Bertz CT molecular complexity index is 1060. The van der Waals surface area contributed by atoms with E-state index in [0.717, 1.165) is 5.70 Å². The molecular weight excluding hydrogens is 387 g/mol. The maximum absolute atomic E-state index is 14.7. The van der Waals surface area contributed by atoms with Crippen molar-refractivity contribution in [2.45, 2.75) is 24.8 Å². The van der Waals surface area contributed by atoms with E-state index in [-0.39, 0.29) is 22.3 Å². The van der Waals surface area contributed by atoms with E-state index in [1.54, 1.807) is 23.5 Å². The van der Waals surface area contributed by atoms with E-state index in [0.29, 0.717) is 24.4 Å². The van der Waals surface area contributed by atoms with Crippen LogP contribution >= 0.6 is 22.9 Å². The van der Waals surface area contributed by atoms with Crippen molar-refractivity contribution in [1.82, 2.24) is 14.8 Å². The van der Waals surface area contributed by atoms with E-state index >= 15 is 0 Å². The maximum atomic E-state index is 14.7. The summed E-state index contributed by atoms with van der Waals surface area (Å²) < 4.78 is 16.3. The number of nitrogens with zero attached hydrogens (tertiary/aromatic N) is 3. The molecule has 0 amide bonds. The van der Waals surface area contributed by atoms with E-state index < -0.39 is 11.9 Å². The highest BCUT2D eigenvalue weighted by molar-refractivity contribution is 7.10. The Morgan fingerprint density at radius 3 is 2.93 bits per heavy atom. The van der Waals surface area contributed by atoms with Gasteiger partial charge in [0.2, 0.25) is 5.95 Å². The first kappa shape index (κ1) is 16.6. The van der Waals surface area contributed by atoms with Gasteiger partial charge < -0.3 is 5.32 Å². The van der Waals surface area contributed by atoms with Crippen LogP contribution in [-0.2, 0) is 4.79 Å². The Hall–Kier alpha value is -2.51. The van der Waals surface area contributed by atoms with E-state index in [9.17, 15) is 9.18 Å². The molecule has 0 saturated carbocycles. The summed E-state index contributed by atoms with van der Waals surface area (Å²) in [6.07, 6.45) is 2.44. The molecule has 27 heavy (non-hydrogen) atoms. The third kappa shape index (κ3) is 2.61. The van der Waals surface area contributed by atoms with Crippen LogP contribution in [0, 0.1) is 5.82 Å². The van der Waals surface area contributed by atoms with Gasteiger partial charge in [0.15, 0.2) is 5.78 Å². The van der Waals surface area contributed by atoms with Gasteiger partial charge in [0.25, 0.3) is 0 Å². The molecule has 0 bridgehead atoms. The summed E-state index contributed by atoms with van der Waals surface area (Å²) >= 11 is 7.97. The van der Waals surface area contributed by atoms with Gasteiger partial charge in [0.1, 0.15) is 18.2 Å². The highest BCUT2D eigenvalue weighted by atomic mass is 35.5. The predicted octanol–water partition coefficient (Wildman–Crippen LogP) is 4.55. The molecule has 1 aliphatic heterocycles. The molecule has 0 radical (unpaired) electrons. The molecule has 0 unspecified atom stereocenters. The SMILES string of the molecule is O=C1C[C@H](c2cccs2)CC2=C1[C@H](c1c(F)cccc1Cl)n1ncnc1N2. The molecule has 2 aliphatic rings. The lowest BCUT2D eigenvalue weighted by Crippen LogP contribution is -2.34. The molecule has 0 saturated heterocycles. The van der Waals surface area contributed by atoms with Crippen molar-refractivity contribution in [2.24, 2.45) is 0 Å². The number of Topliss-reactive ketones (excluding diaryl/α,β-unsaturated/α-hetero) is 1. The van der Waals surface area contributed by atoms with E-state index in [2.05, 4.69) is 15.4 Å². The van der Waals surface area contributed by atoms with Crippen LogP contribution in [-0.4, -0.2) is 20.5 Å². The second-order valence-electron chi connectivity index (χ2n) is 6.63. The highest BCUT2D eigenvalue weighted by Gasteiger charge is 2.41. The molecule has 8 heteroatoms. The number of aromatic nitrogens is 3. The monoisotopic (exact) mass is 400 g/mol. The van der Waals surface area contributed by atoms with Crippen LogP contribution in [0.5, 0.6) is 0 Å². The van der Waals surface area contributed by atoms with Crippen LogP contribution in [0.4, 0.5) is 10.3 Å². The first-order valence-corrected chi connectivity index (χ1v) is 9.79. The fraction of sp³-hybridized carbons (Fsp3) is 0.211. The zero-order valence-electron chi connectivity index (χ0n) is 14.0. The quantitative estimate of drug-likeness (QED) is 0.685. The average molecular weight is 401 g/mol. The van der Waals surface area contributed by atoms with Gasteiger partial charge in [-0.15, -0.1) is 11.3 Å². The number of nitrogens with one attached hydrogen (secondary N) is 1. The second kappa shape index (κ2) is 6.28. The van der Waals surface area contributed by atoms with Gasteiger partial charge in [0.05, 0.1) is 0 Å². The van der Waals surface area contributed by atoms with Crippen LogP contribution < -0.4 is 5.32 Å². The number of rotatable bonds is 2. The molecule has 5 rings (SSSR count). The second-order valence-corrected chi connectivity index (χ2v) is 8.01. The Morgan fingerprint density at radius 1 is 1.26 bits per heavy atom. The van der Waals surface area contributed by atoms with Gasteiger partial charge in [-0.05, 0) is 30.0 Å². The lowest BCUT2D eigenvalue weighted by Gasteiger charge is -2.35. The molecule has 0 spiro atoms. The Labute approximate surface area is 163 Å². The number of halogens is 2. The van der Waals surface area contributed by atoms with Gasteiger partial charge in [-0.3, -0.25) is 4.79 Å². The van der Waals surface area contributed by atoms with Crippen LogP contribution in [0.1, 0.15) is 35.2 Å². The number of thiophene rings is 1. The largest absolute Gasteiger partial charge is 0.328 e. The number of fused-ring (bicyclic) bond motifs is 1. The number of anilines is 1. The van der Waals surface area contributed by atoms with Gasteiger partial charge >= 0.3 is 0 Å². The first-order chi connectivity index (χ1) is 13.1. The zero-order chi connectivity index (χ0) is 18.5. The normalized spacial score (nSPS) is 21.6. The molecule has 1 aromatic carbocycles. The van der Waals surface area contributed by atoms with Gasteiger partial charge in [0, 0.05) is 39.1 Å². The van der Waals surface area contributed by atoms with Crippen molar-refractivity contribution in [2.75, 3.05) is 5.32 Å². The number of ketones is 1. The fourth-order valence-corrected chi connectivity index (χ4v) is 5.01. The summed E-state index contributed by atoms with van der Waals surface area (Å²) in [6.45, 7) is 0. The zero-order valence-corrected chi connectivity index (χ0v) is 15.6. The smallest absolute Gasteiger partial charge is 0.226 e. The van der Waals surface area contributed by atoms with Crippen molar-refractivity contribution in [3.8, 4) is 0 Å². The van der Waals surface area contributed by atoms with Crippen molar-refractivity contribution >= 4 is 34.7 Å². The minimum atomic E-state index is -0.718.